The number of aromatic nitrogens is 3. The standard InChI is InChI=1S/C12H13N5O2/c1-8-3-5-9(6-4-8)7-14-17-12(19)10(15-16-17)11(18)13-2/h3-7,16H,1-2H3,(H,13,18)/b14-7-. The lowest BCUT2D eigenvalue weighted by Crippen LogP contribution is -2.26. The molecule has 1 amide bonds. The number of amides is 1. The van der Waals surface area contributed by atoms with Gasteiger partial charge in [0.25, 0.3) is 5.91 Å². The van der Waals surface area contributed by atoms with Crippen LogP contribution in [0.5, 0.6) is 0 Å². The van der Waals surface area contributed by atoms with Crippen LogP contribution in [0.25, 0.3) is 0 Å². The van der Waals surface area contributed by atoms with Crippen molar-refractivity contribution in [1.29, 1.82) is 0 Å². The summed E-state index contributed by atoms with van der Waals surface area (Å²) in [5.74, 6) is -0.550. The third-order valence-electron chi connectivity index (χ3n) is 2.49. The molecule has 1 heterocycles. The van der Waals surface area contributed by atoms with Gasteiger partial charge < -0.3 is 5.32 Å². The zero-order valence-corrected chi connectivity index (χ0v) is 10.5. The van der Waals surface area contributed by atoms with Crippen molar-refractivity contribution in [2.24, 2.45) is 5.10 Å². The molecular formula is C12H13N5O2. The van der Waals surface area contributed by atoms with Gasteiger partial charge in [0.2, 0.25) is 5.69 Å². The van der Waals surface area contributed by atoms with E-state index in [2.05, 4.69) is 20.7 Å². The summed E-state index contributed by atoms with van der Waals surface area (Å²) >= 11 is 0. The van der Waals surface area contributed by atoms with Crippen molar-refractivity contribution in [1.82, 2.24) is 20.4 Å². The molecule has 19 heavy (non-hydrogen) atoms. The van der Waals surface area contributed by atoms with Crippen LogP contribution in [-0.4, -0.2) is 34.3 Å². The number of rotatable bonds is 3. The summed E-state index contributed by atoms with van der Waals surface area (Å²) in [6.45, 7) is 1.98. The Morgan fingerprint density at radius 2 is 2.11 bits per heavy atom. The highest BCUT2D eigenvalue weighted by molar-refractivity contribution is 5.91. The van der Waals surface area contributed by atoms with Gasteiger partial charge in [-0.2, -0.15) is 10.3 Å². The summed E-state index contributed by atoms with van der Waals surface area (Å²) in [5.41, 5.74) is 1.16. The van der Waals surface area contributed by atoms with Crippen LogP contribution in [0.15, 0.2) is 34.2 Å². The van der Waals surface area contributed by atoms with Crippen LogP contribution >= 0.6 is 0 Å². The van der Waals surface area contributed by atoms with Crippen molar-refractivity contribution in [3.8, 4) is 0 Å². The lowest BCUT2D eigenvalue weighted by molar-refractivity contribution is 0.0957. The van der Waals surface area contributed by atoms with E-state index in [1.54, 1.807) is 0 Å². The van der Waals surface area contributed by atoms with E-state index in [1.807, 2.05) is 31.2 Å². The van der Waals surface area contributed by atoms with Crippen molar-refractivity contribution >= 4 is 12.1 Å². The number of aryl methyl sites for hydroxylation is 1. The van der Waals surface area contributed by atoms with Gasteiger partial charge in [0, 0.05) is 7.05 Å². The fraction of sp³-hybridized carbons (Fsp3) is 0.167. The van der Waals surface area contributed by atoms with E-state index in [4.69, 9.17) is 0 Å². The van der Waals surface area contributed by atoms with Crippen molar-refractivity contribution in [3.05, 3.63) is 51.4 Å². The Morgan fingerprint density at radius 3 is 2.74 bits per heavy atom. The third kappa shape index (κ3) is 2.76. The van der Waals surface area contributed by atoms with Crippen LogP contribution in [0, 0.1) is 6.92 Å². The highest BCUT2D eigenvalue weighted by atomic mass is 16.2. The number of carbonyl (C=O) groups excluding carboxylic acids is 1. The summed E-state index contributed by atoms with van der Waals surface area (Å²) in [5, 5.41) is 12.2. The first-order chi connectivity index (χ1) is 9.11. The van der Waals surface area contributed by atoms with Gasteiger partial charge in [-0.1, -0.05) is 29.8 Å². The Hall–Kier alpha value is -2.70. The Balaban J connectivity index is 2.25. The molecule has 0 spiro atoms. The van der Waals surface area contributed by atoms with Crippen LogP contribution < -0.4 is 10.9 Å². The summed E-state index contributed by atoms with van der Waals surface area (Å²) in [6, 6.07) is 7.62. The summed E-state index contributed by atoms with van der Waals surface area (Å²) < 4.78 is 0. The van der Waals surface area contributed by atoms with E-state index in [9.17, 15) is 9.59 Å². The second-order valence-electron chi connectivity index (χ2n) is 3.91. The van der Waals surface area contributed by atoms with Gasteiger partial charge in [0.1, 0.15) is 0 Å². The molecule has 0 radical (unpaired) electrons. The number of carbonyl (C=O) groups is 1. The highest BCUT2D eigenvalue weighted by Crippen LogP contribution is 2.00. The van der Waals surface area contributed by atoms with E-state index in [0.29, 0.717) is 0 Å². The normalized spacial score (nSPS) is 10.8. The largest absolute Gasteiger partial charge is 0.354 e. The van der Waals surface area contributed by atoms with Gasteiger partial charge in [0.05, 0.1) is 6.21 Å². The molecule has 0 fully saturated rings. The number of hydrogen-bond donors (Lipinski definition) is 2. The van der Waals surface area contributed by atoms with Crippen molar-refractivity contribution < 1.29 is 4.79 Å². The minimum atomic E-state index is -0.595. The van der Waals surface area contributed by atoms with Crippen LogP contribution in [0.1, 0.15) is 21.6 Å². The number of hydrogen-bond acceptors (Lipinski definition) is 4. The summed E-state index contributed by atoms with van der Waals surface area (Å²) in [7, 11) is 1.43. The monoisotopic (exact) mass is 259 g/mol. The Labute approximate surface area is 108 Å². The van der Waals surface area contributed by atoms with Crippen molar-refractivity contribution in [2.45, 2.75) is 6.92 Å². The number of aromatic amines is 1. The molecular weight excluding hydrogens is 246 g/mol. The molecule has 1 aromatic carbocycles. The first-order valence-electron chi connectivity index (χ1n) is 5.62. The number of H-pyrrole nitrogens is 1. The molecule has 98 valence electrons. The van der Waals surface area contributed by atoms with E-state index >= 15 is 0 Å². The molecule has 0 atom stereocenters. The zero-order valence-electron chi connectivity index (χ0n) is 10.5. The van der Waals surface area contributed by atoms with E-state index in [0.717, 1.165) is 15.9 Å². The first kappa shape index (κ1) is 12.7. The molecule has 0 saturated heterocycles. The van der Waals surface area contributed by atoms with Gasteiger partial charge in [-0.05, 0) is 12.5 Å². The maximum Gasteiger partial charge on any atom is 0.320 e. The van der Waals surface area contributed by atoms with Gasteiger partial charge >= 0.3 is 5.56 Å². The molecule has 0 unspecified atom stereocenters. The average molecular weight is 259 g/mol. The molecule has 2 rings (SSSR count). The van der Waals surface area contributed by atoms with Gasteiger partial charge in [-0.25, -0.2) is 0 Å². The Bertz CT molecular complexity index is 666. The lowest BCUT2D eigenvalue weighted by Gasteiger charge is -1.94. The quantitative estimate of drug-likeness (QED) is 0.767. The molecule has 1 aromatic heterocycles. The maximum atomic E-state index is 11.7. The molecule has 0 aliphatic carbocycles. The maximum absolute atomic E-state index is 11.7. The Morgan fingerprint density at radius 1 is 1.42 bits per heavy atom. The topological polar surface area (TPSA) is 92.1 Å². The van der Waals surface area contributed by atoms with Crippen LogP contribution in [-0.2, 0) is 0 Å². The molecule has 0 bridgehead atoms. The predicted octanol–water partition coefficient (Wildman–Crippen LogP) is 0.122. The third-order valence-corrected chi connectivity index (χ3v) is 2.49. The van der Waals surface area contributed by atoms with Gasteiger partial charge in [-0.3, -0.25) is 9.59 Å². The van der Waals surface area contributed by atoms with Crippen molar-refractivity contribution in [3.63, 3.8) is 0 Å². The molecule has 7 heteroatoms. The van der Waals surface area contributed by atoms with Gasteiger partial charge in [0.15, 0.2) is 0 Å². The summed E-state index contributed by atoms with van der Waals surface area (Å²) in [4.78, 5) is 23.9. The smallest absolute Gasteiger partial charge is 0.320 e. The van der Waals surface area contributed by atoms with Crippen molar-refractivity contribution in [2.75, 3.05) is 7.05 Å². The number of benzene rings is 1. The predicted molar refractivity (Wildman–Crippen MR) is 70.4 cm³/mol. The SMILES string of the molecule is CNC(=O)c1n[nH]n(/N=C\c2ccc(C)cc2)c1=O. The van der Waals surface area contributed by atoms with E-state index in [1.165, 1.54) is 13.3 Å². The second-order valence-corrected chi connectivity index (χ2v) is 3.91. The van der Waals surface area contributed by atoms with Crippen LogP contribution in [0.4, 0.5) is 0 Å². The minimum Gasteiger partial charge on any atom is -0.354 e. The summed E-state index contributed by atoms with van der Waals surface area (Å²) in [6.07, 6.45) is 1.51. The molecule has 0 aliphatic rings. The fourth-order valence-electron chi connectivity index (χ4n) is 1.41. The highest BCUT2D eigenvalue weighted by Gasteiger charge is 2.14. The second kappa shape index (κ2) is 5.30. The Kier molecular flexibility index (Phi) is 3.56. The number of nitrogens with zero attached hydrogens (tertiary/aromatic N) is 3. The van der Waals surface area contributed by atoms with E-state index in [-0.39, 0.29) is 5.69 Å². The molecule has 2 N–H and O–H groups in total. The van der Waals surface area contributed by atoms with Crippen LogP contribution in [0.3, 0.4) is 0 Å². The minimum absolute atomic E-state index is 0.219. The van der Waals surface area contributed by atoms with Crippen LogP contribution in [0.2, 0.25) is 0 Å². The molecule has 0 saturated carbocycles. The van der Waals surface area contributed by atoms with Gasteiger partial charge in [-0.15, -0.1) is 9.89 Å². The molecule has 2 aromatic rings. The zero-order chi connectivity index (χ0) is 13.8. The number of nitrogens with one attached hydrogen (secondary N) is 2. The first-order valence-corrected chi connectivity index (χ1v) is 5.62. The molecule has 0 aliphatic heterocycles. The lowest BCUT2D eigenvalue weighted by atomic mass is 10.2. The average Bonchev–Trinajstić information content (AvgIpc) is 2.79. The fourth-order valence-corrected chi connectivity index (χ4v) is 1.41. The van der Waals surface area contributed by atoms with E-state index < -0.39 is 11.5 Å². The molecule has 7 nitrogen and oxygen atoms in total.